The molecule has 0 aromatic heterocycles. The van der Waals surface area contributed by atoms with Gasteiger partial charge in [0.1, 0.15) is 10.6 Å². The fourth-order valence-corrected chi connectivity index (χ4v) is 3.47. The highest BCUT2D eigenvalue weighted by Crippen LogP contribution is 2.27. The molecule has 1 atom stereocenters. The zero-order chi connectivity index (χ0) is 17.2. The van der Waals surface area contributed by atoms with Gasteiger partial charge in [0.25, 0.3) is 5.91 Å². The standard InChI is InChI=1S/C15H22N2O5S/c1-11-10-17(7-8-22-11)15(18)12-5-6-13(21-4)14(9-12)23(19,20)16(2)3/h5-6,9,11H,7-8,10H2,1-4H3/t11-/m0/s1. The van der Waals surface area contributed by atoms with Crippen molar-refractivity contribution in [3.63, 3.8) is 0 Å². The third-order valence-corrected chi connectivity index (χ3v) is 5.53. The van der Waals surface area contributed by atoms with Crippen LogP contribution in [-0.4, -0.2) is 70.5 Å². The van der Waals surface area contributed by atoms with Crippen LogP contribution >= 0.6 is 0 Å². The van der Waals surface area contributed by atoms with Gasteiger partial charge in [0.2, 0.25) is 10.0 Å². The maximum atomic E-state index is 12.6. The fourth-order valence-electron chi connectivity index (χ4n) is 2.39. The van der Waals surface area contributed by atoms with Crippen LogP contribution in [0, 0.1) is 0 Å². The van der Waals surface area contributed by atoms with E-state index >= 15 is 0 Å². The molecule has 1 aliphatic heterocycles. The topological polar surface area (TPSA) is 76.1 Å². The van der Waals surface area contributed by atoms with Crippen LogP contribution < -0.4 is 4.74 Å². The molecule has 0 N–H and O–H groups in total. The van der Waals surface area contributed by atoms with E-state index in [1.54, 1.807) is 11.0 Å². The van der Waals surface area contributed by atoms with Crippen molar-refractivity contribution < 1.29 is 22.7 Å². The fraction of sp³-hybridized carbons (Fsp3) is 0.533. The summed E-state index contributed by atoms with van der Waals surface area (Å²) in [7, 11) is 0.569. The number of morpholine rings is 1. The molecule has 0 aliphatic carbocycles. The average molecular weight is 342 g/mol. The van der Waals surface area contributed by atoms with E-state index in [0.717, 1.165) is 4.31 Å². The number of carbonyl (C=O) groups excluding carboxylic acids is 1. The maximum Gasteiger partial charge on any atom is 0.254 e. The summed E-state index contributed by atoms with van der Waals surface area (Å²) in [6.07, 6.45) is -0.0315. The molecule has 1 aromatic carbocycles. The summed E-state index contributed by atoms with van der Waals surface area (Å²) in [5.74, 6) is 0.00334. The number of methoxy groups -OCH3 is 1. The summed E-state index contributed by atoms with van der Waals surface area (Å²) >= 11 is 0. The number of rotatable bonds is 4. The molecule has 0 bridgehead atoms. The van der Waals surface area contributed by atoms with Gasteiger partial charge in [-0.2, -0.15) is 0 Å². The Hall–Kier alpha value is -1.64. The summed E-state index contributed by atoms with van der Waals surface area (Å²) in [5, 5.41) is 0. The Bertz CT molecular complexity index is 687. The smallest absolute Gasteiger partial charge is 0.254 e. The molecule has 1 amide bonds. The number of hydrogen-bond acceptors (Lipinski definition) is 5. The lowest BCUT2D eigenvalue weighted by atomic mass is 10.1. The van der Waals surface area contributed by atoms with Gasteiger partial charge in [0.05, 0.1) is 19.8 Å². The zero-order valence-electron chi connectivity index (χ0n) is 13.8. The Labute approximate surface area is 136 Å². The molecular weight excluding hydrogens is 320 g/mol. The van der Waals surface area contributed by atoms with Gasteiger partial charge in [0.15, 0.2) is 0 Å². The number of amides is 1. The minimum Gasteiger partial charge on any atom is -0.495 e. The van der Waals surface area contributed by atoms with Gasteiger partial charge in [0, 0.05) is 32.7 Å². The molecule has 1 fully saturated rings. The van der Waals surface area contributed by atoms with Gasteiger partial charge in [-0.15, -0.1) is 0 Å². The van der Waals surface area contributed by atoms with Crippen molar-refractivity contribution >= 4 is 15.9 Å². The lowest BCUT2D eigenvalue weighted by molar-refractivity contribution is -0.0124. The second-order valence-electron chi connectivity index (χ2n) is 5.59. The van der Waals surface area contributed by atoms with Crippen LogP contribution in [0.3, 0.4) is 0 Å². The normalized spacial score (nSPS) is 19.0. The maximum absolute atomic E-state index is 12.6. The molecule has 1 saturated heterocycles. The van der Waals surface area contributed by atoms with Gasteiger partial charge in [-0.1, -0.05) is 0 Å². The monoisotopic (exact) mass is 342 g/mol. The lowest BCUT2D eigenvalue weighted by Crippen LogP contribution is -2.44. The quantitative estimate of drug-likeness (QED) is 0.809. The molecule has 23 heavy (non-hydrogen) atoms. The number of nitrogens with zero attached hydrogens (tertiary/aromatic N) is 2. The second kappa shape index (κ2) is 6.86. The SMILES string of the molecule is COc1ccc(C(=O)N2CCO[C@@H](C)C2)cc1S(=O)(=O)N(C)C. The molecule has 2 rings (SSSR count). The highest BCUT2D eigenvalue weighted by molar-refractivity contribution is 7.89. The molecule has 0 saturated carbocycles. The number of benzene rings is 1. The molecule has 7 nitrogen and oxygen atoms in total. The Balaban J connectivity index is 2.39. The largest absolute Gasteiger partial charge is 0.495 e. The van der Waals surface area contributed by atoms with Crippen molar-refractivity contribution in [1.82, 2.24) is 9.21 Å². The van der Waals surface area contributed by atoms with Gasteiger partial charge in [-0.3, -0.25) is 4.79 Å². The van der Waals surface area contributed by atoms with Gasteiger partial charge >= 0.3 is 0 Å². The first-order valence-electron chi connectivity index (χ1n) is 7.29. The van der Waals surface area contributed by atoms with Crippen molar-refractivity contribution in [3.8, 4) is 5.75 Å². The van der Waals surface area contributed by atoms with Crippen molar-refractivity contribution in [1.29, 1.82) is 0 Å². The number of hydrogen-bond donors (Lipinski definition) is 0. The zero-order valence-corrected chi connectivity index (χ0v) is 14.6. The summed E-state index contributed by atoms with van der Waals surface area (Å²) < 4.78 is 36.5. The lowest BCUT2D eigenvalue weighted by Gasteiger charge is -2.31. The third kappa shape index (κ3) is 3.65. The minimum absolute atomic E-state index is 0.0165. The van der Waals surface area contributed by atoms with Crippen molar-refractivity contribution in [2.24, 2.45) is 0 Å². The Morgan fingerprint density at radius 1 is 1.39 bits per heavy atom. The van der Waals surface area contributed by atoms with Gasteiger partial charge in [-0.25, -0.2) is 12.7 Å². The van der Waals surface area contributed by atoms with E-state index in [0.29, 0.717) is 25.3 Å². The first-order chi connectivity index (χ1) is 10.8. The second-order valence-corrected chi connectivity index (χ2v) is 7.71. The van der Waals surface area contributed by atoms with Crippen LogP contribution in [-0.2, 0) is 14.8 Å². The van der Waals surface area contributed by atoms with Crippen LogP contribution in [0.2, 0.25) is 0 Å². The predicted molar refractivity (Wildman–Crippen MR) is 85.2 cm³/mol. The Morgan fingerprint density at radius 3 is 2.65 bits per heavy atom. The molecule has 0 unspecified atom stereocenters. The molecule has 128 valence electrons. The molecule has 1 aliphatic rings. The van der Waals surface area contributed by atoms with Crippen LogP contribution in [0.1, 0.15) is 17.3 Å². The van der Waals surface area contributed by atoms with Crippen LogP contribution in [0.4, 0.5) is 0 Å². The number of carbonyl (C=O) groups is 1. The van der Waals surface area contributed by atoms with Gasteiger partial charge in [-0.05, 0) is 25.1 Å². The van der Waals surface area contributed by atoms with Crippen LogP contribution in [0.25, 0.3) is 0 Å². The molecule has 0 radical (unpaired) electrons. The van der Waals surface area contributed by atoms with Gasteiger partial charge < -0.3 is 14.4 Å². The Morgan fingerprint density at radius 2 is 2.09 bits per heavy atom. The molecule has 8 heteroatoms. The van der Waals surface area contributed by atoms with E-state index in [2.05, 4.69) is 0 Å². The third-order valence-electron chi connectivity index (χ3n) is 3.70. The first kappa shape index (κ1) is 17.7. The number of ether oxygens (including phenoxy) is 2. The predicted octanol–water partition coefficient (Wildman–Crippen LogP) is 0.806. The number of sulfonamides is 1. The highest BCUT2D eigenvalue weighted by atomic mass is 32.2. The van der Waals surface area contributed by atoms with Crippen LogP contribution in [0.15, 0.2) is 23.1 Å². The average Bonchev–Trinajstić information content (AvgIpc) is 2.53. The summed E-state index contributed by atoms with van der Waals surface area (Å²) in [6.45, 7) is 3.35. The highest BCUT2D eigenvalue weighted by Gasteiger charge is 2.27. The Kier molecular flexibility index (Phi) is 5.28. The first-order valence-corrected chi connectivity index (χ1v) is 8.73. The summed E-state index contributed by atoms with van der Waals surface area (Å²) in [4.78, 5) is 14.3. The molecule has 1 heterocycles. The van der Waals surface area contributed by atoms with E-state index in [1.165, 1.54) is 33.3 Å². The van der Waals surface area contributed by atoms with E-state index in [-0.39, 0.29) is 22.7 Å². The minimum atomic E-state index is -3.70. The van der Waals surface area contributed by atoms with E-state index in [9.17, 15) is 13.2 Å². The van der Waals surface area contributed by atoms with Crippen molar-refractivity contribution in [3.05, 3.63) is 23.8 Å². The molecular formula is C15H22N2O5S. The van der Waals surface area contributed by atoms with Crippen molar-refractivity contribution in [2.75, 3.05) is 40.9 Å². The van der Waals surface area contributed by atoms with E-state index < -0.39 is 10.0 Å². The summed E-state index contributed by atoms with van der Waals surface area (Å²) in [6, 6.07) is 4.46. The molecule has 1 aromatic rings. The van der Waals surface area contributed by atoms with Crippen LogP contribution in [0.5, 0.6) is 5.75 Å². The van der Waals surface area contributed by atoms with E-state index in [1.807, 2.05) is 6.92 Å². The van der Waals surface area contributed by atoms with Crippen molar-refractivity contribution in [2.45, 2.75) is 17.9 Å². The molecule has 0 spiro atoms. The summed E-state index contributed by atoms with van der Waals surface area (Å²) in [5.41, 5.74) is 0.320. The van der Waals surface area contributed by atoms with E-state index in [4.69, 9.17) is 9.47 Å².